The molecule has 0 aromatic heterocycles. The van der Waals surface area contributed by atoms with Crippen LogP contribution in [-0.2, 0) is 34.4 Å². The fourth-order valence-electron chi connectivity index (χ4n) is 3.02. The fourth-order valence-corrected chi connectivity index (χ4v) is 4.10. The number of rotatable bonds is 6. The summed E-state index contributed by atoms with van der Waals surface area (Å²) in [5.41, 5.74) is 6.98. The van der Waals surface area contributed by atoms with Crippen LogP contribution in [0, 0.1) is 5.92 Å². The molecule has 3 rings (SSSR count). The molecule has 1 aliphatic heterocycles. The first kappa shape index (κ1) is 25.8. The van der Waals surface area contributed by atoms with Crippen LogP contribution in [0.4, 0.5) is 11.4 Å². The molecule has 14 nitrogen and oxygen atoms in total. The third-order valence-electron chi connectivity index (χ3n) is 4.59. The first-order valence-corrected chi connectivity index (χ1v) is 12.8. The van der Waals surface area contributed by atoms with Crippen molar-refractivity contribution >= 4 is 72.2 Å². The van der Waals surface area contributed by atoms with E-state index in [0.29, 0.717) is 4.90 Å². The zero-order valence-electron chi connectivity index (χ0n) is 17.4. The highest BCUT2D eigenvalue weighted by atomic mass is 32.2. The molecule has 1 heterocycles. The Morgan fingerprint density at radius 2 is 1.40 bits per heavy atom. The summed E-state index contributed by atoms with van der Waals surface area (Å²) in [6.07, 6.45) is 0. The van der Waals surface area contributed by atoms with Crippen molar-refractivity contribution in [1.29, 1.82) is 0 Å². The number of carbonyl (C=O) groups is 3. The van der Waals surface area contributed by atoms with Crippen molar-refractivity contribution in [3.8, 4) is 0 Å². The van der Waals surface area contributed by atoms with Crippen molar-refractivity contribution in [1.82, 2.24) is 5.43 Å². The number of anilines is 2. The minimum Gasteiger partial charge on any atom is -0.375 e. The highest BCUT2D eigenvalue weighted by molar-refractivity contribution is 7.89. The maximum Gasteiger partial charge on any atom is 0.282 e. The van der Waals surface area contributed by atoms with E-state index in [4.69, 9.17) is 16.0 Å². The average molecular weight is 540 g/mol. The van der Waals surface area contributed by atoms with Gasteiger partial charge < -0.3 is 11.1 Å². The van der Waals surface area contributed by atoms with Gasteiger partial charge in [0.25, 0.3) is 11.8 Å². The molecular formula is C18H17N7O7S3. The highest BCUT2D eigenvalue weighted by Gasteiger charge is 2.50. The molecule has 0 saturated carbocycles. The summed E-state index contributed by atoms with van der Waals surface area (Å²) in [5, 5.41) is 15.8. The Morgan fingerprint density at radius 3 is 1.86 bits per heavy atom. The predicted molar refractivity (Wildman–Crippen MR) is 128 cm³/mol. The number of hydrogen-bond acceptors (Lipinski definition) is 9. The number of primary sulfonamides is 2. The smallest absolute Gasteiger partial charge is 0.282 e. The van der Waals surface area contributed by atoms with Crippen LogP contribution in [-0.4, -0.2) is 45.4 Å². The van der Waals surface area contributed by atoms with E-state index < -0.39 is 49.4 Å². The predicted octanol–water partition coefficient (Wildman–Crippen LogP) is -1.70. The van der Waals surface area contributed by atoms with Crippen LogP contribution in [0.3, 0.4) is 0 Å². The van der Waals surface area contributed by atoms with E-state index in [1.54, 1.807) is 0 Å². The molecule has 1 atom stereocenters. The zero-order valence-corrected chi connectivity index (χ0v) is 19.9. The third-order valence-corrected chi connectivity index (χ3v) is 6.54. The van der Waals surface area contributed by atoms with Gasteiger partial charge in [0.1, 0.15) is 5.71 Å². The topological polar surface area (TPSA) is 237 Å². The van der Waals surface area contributed by atoms with Crippen molar-refractivity contribution < 1.29 is 31.2 Å². The molecule has 0 bridgehead atoms. The van der Waals surface area contributed by atoms with E-state index in [0.717, 1.165) is 36.4 Å². The van der Waals surface area contributed by atoms with E-state index in [9.17, 15) is 31.2 Å². The Hall–Kier alpha value is -3.77. The lowest BCUT2D eigenvalue weighted by Gasteiger charge is -2.14. The largest absolute Gasteiger partial charge is 0.375 e. The quantitative estimate of drug-likeness (QED) is 0.121. The summed E-state index contributed by atoms with van der Waals surface area (Å²) in [6, 6.07) is 9.19. The molecule has 1 fully saturated rings. The Bertz CT molecular complexity index is 1470. The van der Waals surface area contributed by atoms with Gasteiger partial charge in [-0.3, -0.25) is 19.8 Å². The van der Waals surface area contributed by atoms with Gasteiger partial charge >= 0.3 is 0 Å². The number of nitrogens with one attached hydrogen (secondary N) is 2. The van der Waals surface area contributed by atoms with Gasteiger partial charge in [-0.25, -0.2) is 32.0 Å². The summed E-state index contributed by atoms with van der Waals surface area (Å²) in [4.78, 5) is 39.2. The van der Waals surface area contributed by atoms with Crippen LogP contribution in [0.15, 0.2) is 63.4 Å². The maximum atomic E-state index is 13.1. The van der Waals surface area contributed by atoms with Crippen LogP contribution in [0.5, 0.6) is 0 Å². The lowest BCUT2D eigenvalue weighted by molar-refractivity contribution is -0.127. The second kappa shape index (κ2) is 9.47. The van der Waals surface area contributed by atoms with Gasteiger partial charge in [0.05, 0.1) is 15.5 Å². The first-order chi connectivity index (χ1) is 16.2. The molecule has 2 aromatic carbocycles. The monoisotopic (exact) mass is 539 g/mol. The normalized spacial score (nSPS) is 17.5. The van der Waals surface area contributed by atoms with Crippen molar-refractivity contribution in [3.05, 3.63) is 48.5 Å². The minimum atomic E-state index is -4.03. The molecule has 1 aliphatic rings. The number of hydrazone groups is 1. The molecule has 17 heteroatoms. The van der Waals surface area contributed by atoms with Gasteiger partial charge in [-0.15, -0.1) is 0 Å². The summed E-state index contributed by atoms with van der Waals surface area (Å²) in [6.45, 7) is 0. The van der Waals surface area contributed by atoms with Crippen LogP contribution in [0.25, 0.3) is 0 Å². The Balaban J connectivity index is 1.95. The molecule has 2 aromatic rings. The van der Waals surface area contributed by atoms with Crippen molar-refractivity contribution in [3.63, 3.8) is 0 Å². The number of carbonyl (C=O) groups excluding carboxylic acids is 3. The average Bonchev–Trinajstić information content (AvgIpc) is 3.00. The van der Waals surface area contributed by atoms with Gasteiger partial charge in [0.2, 0.25) is 26.0 Å². The minimum absolute atomic E-state index is 0.0526. The number of imide groups is 1. The van der Waals surface area contributed by atoms with Crippen LogP contribution in [0.2, 0.25) is 0 Å². The van der Waals surface area contributed by atoms with Gasteiger partial charge in [0, 0.05) is 5.69 Å². The first-order valence-electron chi connectivity index (χ1n) is 9.28. The number of thiocarbonyl (C=S) groups is 1. The number of amides is 3. The third kappa shape index (κ3) is 5.66. The van der Waals surface area contributed by atoms with E-state index in [2.05, 4.69) is 28.1 Å². The standard InChI is InChI=1S/C18H17N7O7S3/c19-18(33)24-23-14-13(15(26)22-9-1-5-11(6-2-9)34(20,29)30)16(27)25(17(14)28)10-3-7-12(8-4-10)35(21,31)32/h1-8,13H,(H,22,26)(H3,19,24,33)(H2,20,29,30)(H2,21,31,32)/b23-14-. The molecular weight excluding hydrogens is 522 g/mol. The van der Waals surface area contributed by atoms with Gasteiger partial charge in [-0.1, -0.05) is 0 Å². The SMILES string of the molecule is NC(=S)N/N=C1\C(=O)N(c2ccc(S(N)(=O)=O)cc2)C(=O)C1C(=O)Nc1ccc(S(N)(=O)=O)cc1. The number of sulfonamides is 2. The number of hydrogen-bond donors (Lipinski definition) is 5. The number of nitrogens with two attached hydrogens (primary N) is 3. The van der Waals surface area contributed by atoms with E-state index in [1.165, 1.54) is 12.1 Å². The molecule has 0 radical (unpaired) electrons. The molecule has 184 valence electrons. The van der Waals surface area contributed by atoms with Crippen molar-refractivity contribution in [2.24, 2.45) is 27.0 Å². The summed E-state index contributed by atoms with van der Waals surface area (Å²) in [5.74, 6) is -4.72. The molecule has 1 unspecified atom stereocenters. The number of nitrogens with zero attached hydrogens (tertiary/aromatic N) is 2. The van der Waals surface area contributed by atoms with E-state index in [1.807, 2.05) is 0 Å². The Kier molecular flexibility index (Phi) is 6.99. The molecule has 3 amide bonds. The summed E-state index contributed by atoms with van der Waals surface area (Å²) >= 11 is 4.64. The van der Waals surface area contributed by atoms with Crippen LogP contribution >= 0.6 is 12.2 Å². The van der Waals surface area contributed by atoms with E-state index >= 15 is 0 Å². The lowest BCUT2D eigenvalue weighted by atomic mass is 10.0. The Morgan fingerprint density at radius 1 is 0.914 bits per heavy atom. The molecule has 8 N–H and O–H groups in total. The van der Waals surface area contributed by atoms with Gasteiger partial charge in [0.15, 0.2) is 11.0 Å². The highest BCUT2D eigenvalue weighted by Crippen LogP contribution is 2.27. The summed E-state index contributed by atoms with van der Waals surface area (Å²) < 4.78 is 45.7. The van der Waals surface area contributed by atoms with Crippen LogP contribution < -0.4 is 31.7 Å². The molecule has 1 saturated heterocycles. The Labute approximate surface area is 204 Å². The lowest BCUT2D eigenvalue weighted by Crippen LogP contribution is -2.35. The second-order valence-corrected chi connectivity index (χ2v) is 10.5. The second-order valence-electron chi connectivity index (χ2n) is 6.98. The molecule has 35 heavy (non-hydrogen) atoms. The molecule has 0 aliphatic carbocycles. The summed E-state index contributed by atoms with van der Waals surface area (Å²) in [7, 11) is -8.00. The van der Waals surface area contributed by atoms with Crippen molar-refractivity contribution in [2.75, 3.05) is 10.2 Å². The number of benzene rings is 2. The van der Waals surface area contributed by atoms with Gasteiger partial charge in [-0.05, 0) is 60.7 Å². The zero-order chi connectivity index (χ0) is 26.1. The fraction of sp³-hybridized carbons (Fsp3) is 0.0556. The van der Waals surface area contributed by atoms with Gasteiger partial charge in [-0.2, -0.15) is 5.10 Å². The van der Waals surface area contributed by atoms with Crippen molar-refractivity contribution in [2.45, 2.75) is 9.79 Å². The molecule has 0 spiro atoms. The van der Waals surface area contributed by atoms with Crippen LogP contribution in [0.1, 0.15) is 0 Å². The van der Waals surface area contributed by atoms with E-state index in [-0.39, 0.29) is 26.3 Å². The maximum absolute atomic E-state index is 13.1.